The van der Waals surface area contributed by atoms with Crippen molar-refractivity contribution in [2.24, 2.45) is 5.92 Å². The van der Waals surface area contributed by atoms with Gasteiger partial charge >= 0.3 is 0 Å². The van der Waals surface area contributed by atoms with Crippen molar-refractivity contribution in [2.45, 2.75) is 51.1 Å². The van der Waals surface area contributed by atoms with E-state index in [9.17, 15) is 5.11 Å². The number of piperidine rings is 1. The molecule has 0 aromatic heterocycles. The molecule has 2 rings (SSSR count). The summed E-state index contributed by atoms with van der Waals surface area (Å²) in [6.07, 6.45) is 6.44. The minimum Gasteiger partial charge on any atom is -0.395 e. The second-order valence-electron chi connectivity index (χ2n) is 5.66. The van der Waals surface area contributed by atoms with Crippen molar-refractivity contribution < 1.29 is 5.11 Å². The summed E-state index contributed by atoms with van der Waals surface area (Å²) in [5.74, 6) is 0.859. The van der Waals surface area contributed by atoms with Crippen molar-refractivity contribution in [3.05, 3.63) is 0 Å². The Labute approximate surface area is 99.2 Å². The van der Waals surface area contributed by atoms with Crippen molar-refractivity contribution in [3.8, 4) is 0 Å². The average molecular weight is 226 g/mol. The number of aliphatic hydroxyl groups excluding tert-OH is 1. The van der Waals surface area contributed by atoms with Gasteiger partial charge in [-0.3, -0.25) is 0 Å². The molecule has 2 unspecified atom stereocenters. The number of aliphatic hydroxyl groups is 1. The van der Waals surface area contributed by atoms with E-state index in [4.69, 9.17) is 0 Å². The van der Waals surface area contributed by atoms with Gasteiger partial charge in [0.05, 0.1) is 6.61 Å². The van der Waals surface area contributed by atoms with Crippen molar-refractivity contribution in [3.63, 3.8) is 0 Å². The Balaban J connectivity index is 1.63. The van der Waals surface area contributed by atoms with Gasteiger partial charge in [-0.2, -0.15) is 0 Å². The summed E-state index contributed by atoms with van der Waals surface area (Å²) >= 11 is 0. The van der Waals surface area contributed by atoms with E-state index in [1.54, 1.807) is 0 Å². The predicted molar refractivity (Wildman–Crippen MR) is 66.5 cm³/mol. The lowest BCUT2D eigenvalue weighted by atomic mass is 10.00. The molecule has 94 valence electrons. The van der Waals surface area contributed by atoms with Crippen LogP contribution in [0.15, 0.2) is 0 Å². The summed E-state index contributed by atoms with van der Waals surface area (Å²) in [5.41, 5.74) is 0. The van der Waals surface area contributed by atoms with E-state index < -0.39 is 0 Å². The van der Waals surface area contributed by atoms with E-state index in [-0.39, 0.29) is 0 Å². The molecule has 16 heavy (non-hydrogen) atoms. The number of hydrogen-bond acceptors (Lipinski definition) is 3. The van der Waals surface area contributed by atoms with Crippen LogP contribution in [0.1, 0.15) is 39.0 Å². The number of rotatable bonds is 6. The van der Waals surface area contributed by atoms with E-state index in [0.29, 0.717) is 18.7 Å². The number of nitrogens with zero attached hydrogens (tertiary/aromatic N) is 1. The first-order valence-electron chi connectivity index (χ1n) is 6.87. The molecule has 1 saturated heterocycles. The third kappa shape index (κ3) is 4.04. The highest BCUT2D eigenvalue weighted by atomic mass is 16.3. The Morgan fingerprint density at radius 1 is 1.38 bits per heavy atom. The lowest BCUT2D eigenvalue weighted by molar-refractivity contribution is 0.161. The Bertz CT molecular complexity index is 202. The van der Waals surface area contributed by atoms with Crippen molar-refractivity contribution in [1.29, 1.82) is 0 Å². The maximum Gasteiger partial charge on any atom is 0.0585 e. The maximum atomic E-state index is 9.30. The van der Waals surface area contributed by atoms with Gasteiger partial charge in [-0.15, -0.1) is 0 Å². The molecular weight excluding hydrogens is 200 g/mol. The van der Waals surface area contributed by atoms with E-state index in [1.165, 1.54) is 38.8 Å². The van der Waals surface area contributed by atoms with Crippen molar-refractivity contribution in [2.75, 3.05) is 26.2 Å². The Morgan fingerprint density at radius 3 is 2.81 bits per heavy atom. The minimum absolute atomic E-state index is 0.292. The van der Waals surface area contributed by atoms with Gasteiger partial charge in [0.15, 0.2) is 0 Å². The summed E-state index contributed by atoms with van der Waals surface area (Å²) in [7, 11) is 0. The van der Waals surface area contributed by atoms with Gasteiger partial charge < -0.3 is 15.3 Å². The molecule has 0 spiro atoms. The van der Waals surface area contributed by atoms with Crippen molar-refractivity contribution in [1.82, 2.24) is 10.2 Å². The first-order valence-corrected chi connectivity index (χ1v) is 6.87. The molecule has 2 aliphatic rings. The van der Waals surface area contributed by atoms with Crippen LogP contribution in [0.3, 0.4) is 0 Å². The van der Waals surface area contributed by atoms with Gasteiger partial charge in [-0.25, -0.2) is 0 Å². The first-order chi connectivity index (χ1) is 7.78. The summed E-state index contributed by atoms with van der Waals surface area (Å²) in [6, 6.07) is 1.03. The summed E-state index contributed by atoms with van der Waals surface area (Å²) < 4.78 is 0. The van der Waals surface area contributed by atoms with E-state index in [0.717, 1.165) is 18.9 Å². The standard InChI is InChI=1S/C13H26N2O/c1-11-3-2-7-15(9-11)8-6-13(10-16)14-12-4-5-12/h11-14,16H,2-10H2,1H3. The van der Waals surface area contributed by atoms with Gasteiger partial charge in [0.2, 0.25) is 0 Å². The van der Waals surface area contributed by atoms with E-state index in [1.807, 2.05) is 0 Å². The van der Waals surface area contributed by atoms with Crippen LogP contribution in [-0.4, -0.2) is 48.3 Å². The molecule has 0 aromatic rings. The highest BCUT2D eigenvalue weighted by molar-refractivity contribution is 4.85. The largest absolute Gasteiger partial charge is 0.395 e. The lowest BCUT2D eigenvalue weighted by Gasteiger charge is -2.31. The fourth-order valence-electron chi connectivity index (χ4n) is 2.64. The van der Waals surface area contributed by atoms with E-state index >= 15 is 0 Å². The second kappa shape index (κ2) is 5.99. The minimum atomic E-state index is 0.292. The predicted octanol–water partition coefficient (Wildman–Crippen LogP) is 1.22. The molecule has 2 atom stereocenters. The monoisotopic (exact) mass is 226 g/mol. The molecule has 2 fully saturated rings. The molecule has 1 aliphatic heterocycles. The topological polar surface area (TPSA) is 35.5 Å². The zero-order chi connectivity index (χ0) is 11.4. The van der Waals surface area contributed by atoms with E-state index in [2.05, 4.69) is 17.1 Å². The second-order valence-corrected chi connectivity index (χ2v) is 5.66. The molecule has 0 amide bonds. The smallest absolute Gasteiger partial charge is 0.0585 e. The molecule has 1 heterocycles. The quantitative estimate of drug-likeness (QED) is 0.715. The van der Waals surface area contributed by atoms with Crippen LogP contribution in [0.25, 0.3) is 0 Å². The SMILES string of the molecule is CC1CCCN(CCC(CO)NC2CC2)C1. The highest BCUT2D eigenvalue weighted by Crippen LogP contribution is 2.20. The molecule has 0 bridgehead atoms. The summed E-state index contributed by atoms with van der Waals surface area (Å²) in [4.78, 5) is 2.56. The number of hydrogen-bond donors (Lipinski definition) is 2. The Morgan fingerprint density at radius 2 is 2.19 bits per heavy atom. The molecule has 3 nitrogen and oxygen atoms in total. The van der Waals surface area contributed by atoms with Crippen LogP contribution < -0.4 is 5.32 Å². The molecule has 0 radical (unpaired) electrons. The van der Waals surface area contributed by atoms with Gasteiger partial charge in [-0.05, 0) is 51.1 Å². The highest BCUT2D eigenvalue weighted by Gasteiger charge is 2.24. The molecule has 1 saturated carbocycles. The number of nitrogens with one attached hydrogen (secondary N) is 1. The van der Waals surface area contributed by atoms with Gasteiger partial charge in [0.1, 0.15) is 0 Å². The third-order valence-electron chi connectivity index (χ3n) is 3.80. The van der Waals surface area contributed by atoms with Gasteiger partial charge in [0, 0.05) is 18.6 Å². The van der Waals surface area contributed by atoms with Crippen LogP contribution in [0, 0.1) is 5.92 Å². The molecule has 1 aliphatic carbocycles. The van der Waals surface area contributed by atoms with Gasteiger partial charge in [0.25, 0.3) is 0 Å². The van der Waals surface area contributed by atoms with Crippen LogP contribution in [0.5, 0.6) is 0 Å². The summed E-state index contributed by atoms with van der Waals surface area (Å²) in [5, 5.41) is 12.8. The molecule has 0 aromatic carbocycles. The fraction of sp³-hybridized carbons (Fsp3) is 1.00. The van der Waals surface area contributed by atoms with Crippen molar-refractivity contribution >= 4 is 0 Å². The Hall–Kier alpha value is -0.120. The normalized spacial score (nSPS) is 29.2. The van der Waals surface area contributed by atoms with Crippen LogP contribution in [-0.2, 0) is 0 Å². The molecular formula is C13H26N2O. The zero-order valence-corrected chi connectivity index (χ0v) is 10.5. The third-order valence-corrected chi connectivity index (χ3v) is 3.80. The molecule has 2 N–H and O–H groups in total. The Kier molecular flexibility index (Phi) is 4.62. The maximum absolute atomic E-state index is 9.30. The summed E-state index contributed by atoms with van der Waals surface area (Å²) in [6.45, 7) is 6.29. The van der Waals surface area contributed by atoms with Crippen LogP contribution >= 0.6 is 0 Å². The van der Waals surface area contributed by atoms with Crippen LogP contribution in [0.4, 0.5) is 0 Å². The van der Waals surface area contributed by atoms with Gasteiger partial charge in [-0.1, -0.05) is 6.92 Å². The fourth-order valence-corrected chi connectivity index (χ4v) is 2.64. The zero-order valence-electron chi connectivity index (χ0n) is 10.5. The molecule has 3 heteroatoms. The number of likely N-dealkylation sites (tertiary alicyclic amines) is 1. The van der Waals surface area contributed by atoms with Crippen LogP contribution in [0.2, 0.25) is 0 Å². The lowest BCUT2D eigenvalue weighted by Crippen LogP contribution is -2.40. The first kappa shape index (κ1) is 12.3. The average Bonchev–Trinajstić information content (AvgIpc) is 3.08.